The molecule has 0 aliphatic rings. The summed E-state index contributed by atoms with van der Waals surface area (Å²) in [4.78, 5) is 13.2. The van der Waals surface area contributed by atoms with Crippen molar-refractivity contribution in [2.75, 3.05) is 17.6 Å². The number of nitrogens with zero attached hydrogens (tertiary/aromatic N) is 4. The summed E-state index contributed by atoms with van der Waals surface area (Å²) in [6.07, 6.45) is 14.4. The van der Waals surface area contributed by atoms with Gasteiger partial charge in [-0.1, -0.05) is 19.1 Å². The molecule has 0 saturated heterocycles. The van der Waals surface area contributed by atoms with Crippen LogP contribution in [0.3, 0.4) is 0 Å². The van der Waals surface area contributed by atoms with E-state index in [1.807, 2.05) is 41.1 Å². The highest BCUT2D eigenvalue weighted by molar-refractivity contribution is 5.63. The third-order valence-corrected chi connectivity index (χ3v) is 3.21. The van der Waals surface area contributed by atoms with E-state index in [9.17, 15) is 0 Å². The van der Waals surface area contributed by atoms with Gasteiger partial charge in [0.15, 0.2) is 0 Å². The Morgan fingerprint density at radius 3 is 2.75 bits per heavy atom. The summed E-state index contributed by atoms with van der Waals surface area (Å²) in [5.41, 5.74) is 7.52. The molecule has 0 aliphatic heterocycles. The van der Waals surface area contributed by atoms with Crippen LogP contribution in [0.2, 0.25) is 0 Å². The molecule has 3 N–H and O–H groups in total. The largest absolute Gasteiger partial charge is 0.399 e. The number of benzene rings is 1. The van der Waals surface area contributed by atoms with Gasteiger partial charge in [0.2, 0.25) is 5.95 Å². The van der Waals surface area contributed by atoms with E-state index in [-0.39, 0.29) is 0 Å². The lowest BCUT2D eigenvalue weighted by Crippen LogP contribution is -2.07. The Balaban J connectivity index is 0.00000100. The van der Waals surface area contributed by atoms with Gasteiger partial charge in [-0.2, -0.15) is 4.98 Å². The van der Waals surface area contributed by atoms with Crippen molar-refractivity contribution in [1.29, 1.82) is 0 Å². The summed E-state index contributed by atoms with van der Waals surface area (Å²) in [7, 11) is 0. The second-order valence-electron chi connectivity index (χ2n) is 4.91. The average Bonchev–Trinajstić information content (AvgIpc) is 3.12. The second kappa shape index (κ2) is 8.34. The van der Waals surface area contributed by atoms with Crippen LogP contribution in [-0.4, -0.2) is 26.1 Å². The monoisotopic (exact) mass is 320 g/mol. The Hall–Kier alpha value is -3.33. The van der Waals surface area contributed by atoms with Crippen molar-refractivity contribution in [3.63, 3.8) is 0 Å². The van der Waals surface area contributed by atoms with E-state index in [0.717, 1.165) is 30.2 Å². The summed E-state index contributed by atoms with van der Waals surface area (Å²) in [6, 6.07) is 9.50. The lowest BCUT2D eigenvalue weighted by atomic mass is 10.2. The predicted octanol–water partition coefficient (Wildman–Crippen LogP) is 2.98. The number of aromatic nitrogens is 4. The molecule has 6 nitrogen and oxygen atoms in total. The van der Waals surface area contributed by atoms with E-state index in [1.54, 1.807) is 12.4 Å². The Bertz CT molecular complexity index is 806. The molecule has 0 spiro atoms. The van der Waals surface area contributed by atoms with Crippen LogP contribution in [0.25, 0.3) is 17.2 Å². The van der Waals surface area contributed by atoms with Gasteiger partial charge in [-0.05, 0) is 24.6 Å². The molecule has 0 amide bonds. The normalized spacial score (nSPS) is 9.79. The third kappa shape index (κ3) is 3.90. The lowest BCUT2D eigenvalue weighted by molar-refractivity contribution is 0.930. The van der Waals surface area contributed by atoms with E-state index >= 15 is 0 Å². The van der Waals surface area contributed by atoms with Crippen LogP contribution in [0.1, 0.15) is 13.3 Å². The van der Waals surface area contributed by atoms with Crippen LogP contribution >= 0.6 is 0 Å². The molecule has 3 rings (SSSR count). The van der Waals surface area contributed by atoms with Crippen molar-refractivity contribution in [2.45, 2.75) is 13.3 Å². The lowest BCUT2D eigenvalue weighted by Gasteiger charge is -2.09. The molecule has 6 heteroatoms. The minimum atomic E-state index is 0.617. The van der Waals surface area contributed by atoms with Crippen LogP contribution in [-0.2, 0) is 0 Å². The van der Waals surface area contributed by atoms with Crippen LogP contribution in [0, 0.1) is 12.8 Å². The highest BCUT2D eigenvalue weighted by Crippen LogP contribution is 2.22. The van der Waals surface area contributed by atoms with Gasteiger partial charge in [0.05, 0.1) is 0 Å². The zero-order chi connectivity index (χ0) is 17.4. The zero-order valence-electron chi connectivity index (χ0n) is 13.6. The highest BCUT2D eigenvalue weighted by Gasteiger charge is 2.09. The summed E-state index contributed by atoms with van der Waals surface area (Å²) in [6.45, 7) is 2.94. The van der Waals surface area contributed by atoms with E-state index in [1.165, 1.54) is 0 Å². The molecule has 1 aromatic carbocycles. The van der Waals surface area contributed by atoms with Crippen molar-refractivity contribution >= 4 is 11.6 Å². The van der Waals surface area contributed by atoms with Crippen molar-refractivity contribution < 1.29 is 0 Å². The van der Waals surface area contributed by atoms with Gasteiger partial charge >= 0.3 is 0 Å². The van der Waals surface area contributed by atoms with Crippen LogP contribution in [0.5, 0.6) is 0 Å². The maximum atomic E-state index is 5.86. The molecule has 0 aliphatic carbocycles. The molecule has 3 aromatic rings. The van der Waals surface area contributed by atoms with Gasteiger partial charge in [-0.15, -0.1) is 12.8 Å². The first-order valence-corrected chi connectivity index (χ1v) is 7.58. The predicted molar refractivity (Wildman–Crippen MR) is 97.7 cm³/mol. The van der Waals surface area contributed by atoms with Crippen molar-refractivity contribution in [3.8, 4) is 30.1 Å². The Morgan fingerprint density at radius 1 is 1.17 bits per heavy atom. The molecule has 0 bridgehead atoms. The van der Waals surface area contributed by atoms with Crippen LogP contribution in [0.4, 0.5) is 11.6 Å². The maximum Gasteiger partial charge on any atom is 0.224 e. The topological polar surface area (TPSA) is 81.7 Å². The maximum absolute atomic E-state index is 5.86. The number of nitrogens with two attached hydrogens (primary N) is 1. The molecular weight excluding hydrogens is 300 g/mol. The fourth-order valence-electron chi connectivity index (χ4n) is 2.18. The van der Waals surface area contributed by atoms with Crippen molar-refractivity contribution in [1.82, 2.24) is 19.5 Å². The Labute approximate surface area is 141 Å². The molecule has 122 valence electrons. The van der Waals surface area contributed by atoms with Crippen LogP contribution < -0.4 is 11.1 Å². The molecule has 2 aromatic heterocycles. The second-order valence-corrected chi connectivity index (χ2v) is 4.91. The van der Waals surface area contributed by atoms with Crippen molar-refractivity contribution in [3.05, 3.63) is 48.9 Å². The number of hydrogen-bond acceptors (Lipinski definition) is 5. The van der Waals surface area contributed by atoms with Gasteiger partial charge in [0.25, 0.3) is 0 Å². The van der Waals surface area contributed by atoms with E-state index in [2.05, 4.69) is 40.0 Å². The number of rotatable bonds is 5. The summed E-state index contributed by atoms with van der Waals surface area (Å²) >= 11 is 0. The number of hydrogen-bond donors (Lipinski definition) is 2. The van der Waals surface area contributed by atoms with E-state index < -0.39 is 0 Å². The Kier molecular flexibility index (Phi) is 5.92. The number of nitrogen functional groups attached to an aromatic ring is 1. The number of anilines is 2. The fourth-order valence-corrected chi connectivity index (χ4v) is 2.18. The standard InChI is InChI=1S/C16H18N6.C2H2/c1-2-7-19-16-20-8-6-14(21-16)22-10-9-18-15(22)12-4-3-5-13(17)11-12;1-2/h3-6,8-11H,2,7,17H2,1H3,(H,19,20,21);1-2H. The molecular formula is C18H20N6. The van der Waals surface area contributed by atoms with Gasteiger partial charge < -0.3 is 11.1 Å². The molecule has 0 atom stereocenters. The SMILES string of the molecule is C#C.CCCNc1nccc(-n2ccnc2-c2cccc(N)c2)n1. The smallest absolute Gasteiger partial charge is 0.224 e. The molecule has 24 heavy (non-hydrogen) atoms. The first-order valence-electron chi connectivity index (χ1n) is 7.58. The van der Waals surface area contributed by atoms with Gasteiger partial charge in [0, 0.05) is 36.4 Å². The first kappa shape index (κ1) is 17.0. The van der Waals surface area contributed by atoms with Gasteiger partial charge in [0.1, 0.15) is 11.6 Å². The zero-order valence-corrected chi connectivity index (χ0v) is 13.6. The first-order chi connectivity index (χ1) is 11.8. The summed E-state index contributed by atoms with van der Waals surface area (Å²) in [5.74, 6) is 2.18. The molecule has 0 radical (unpaired) electrons. The van der Waals surface area contributed by atoms with Gasteiger partial charge in [-0.3, -0.25) is 4.57 Å². The van der Waals surface area contributed by atoms with Crippen molar-refractivity contribution in [2.24, 2.45) is 0 Å². The molecule has 0 fully saturated rings. The Morgan fingerprint density at radius 2 is 2.00 bits per heavy atom. The minimum Gasteiger partial charge on any atom is -0.399 e. The highest BCUT2D eigenvalue weighted by atomic mass is 15.2. The molecule has 2 heterocycles. The van der Waals surface area contributed by atoms with E-state index in [0.29, 0.717) is 11.6 Å². The molecule has 0 saturated carbocycles. The van der Waals surface area contributed by atoms with Gasteiger partial charge in [-0.25, -0.2) is 9.97 Å². The summed E-state index contributed by atoms with van der Waals surface area (Å²) in [5, 5.41) is 3.19. The van der Waals surface area contributed by atoms with Crippen LogP contribution in [0.15, 0.2) is 48.9 Å². The number of terminal acetylenes is 1. The number of imidazole rings is 1. The number of nitrogens with one attached hydrogen (secondary N) is 1. The average molecular weight is 320 g/mol. The quantitative estimate of drug-likeness (QED) is 0.558. The molecule has 0 unspecified atom stereocenters. The summed E-state index contributed by atoms with van der Waals surface area (Å²) < 4.78 is 1.92. The van der Waals surface area contributed by atoms with E-state index in [4.69, 9.17) is 5.73 Å². The third-order valence-electron chi connectivity index (χ3n) is 3.21. The fraction of sp³-hybridized carbons (Fsp3) is 0.167. The minimum absolute atomic E-state index is 0.617.